The van der Waals surface area contributed by atoms with Gasteiger partial charge in [0.15, 0.2) is 5.71 Å². The van der Waals surface area contributed by atoms with Crippen LogP contribution in [0.25, 0.3) is 0 Å². The Labute approximate surface area is 342 Å². The number of aliphatic hydroxyl groups excluding tert-OH is 1. The number of allylic oxidation sites excluding steroid dienone is 5. The number of Topliss-reactive ketones (excluding diaryl/α,β-unsaturated/α-hetero) is 1. The van der Waals surface area contributed by atoms with Crippen LogP contribution in [0.1, 0.15) is 76.8 Å². The maximum atomic E-state index is 14.1. The Morgan fingerprint density at radius 2 is 1.32 bits per heavy atom. The zero-order valence-corrected chi connectivity index (χ0v) is 35.5. The number of anilines is 1. The molecule has 0 fully saturated rings. The molecule has 322 valence electrons. The van der Waals surface area contributed by atoms with Gasteiger partial charge in [0.25, 0.3) is 40.5 Å². The number of carboxylic acid groups (broad SMARTS) is 1. The van der Waals surface area contributed by atoms with Crippen LogP contribution in [-0.2, 0) is 60.9 Å². The first-order chi connectivity index (χ1) is 27.1. The number of unbranched alkanes of at least 4 members (excludes halogenated alkanes) is 2. The lowest BCUT2D eigenvalue weighted by Crippen LogP contribution is -2.33. The summed E-state index contributed by atoms with van der Waals surface area (Å²) in [5, 5.41) is 21.0. The molecule has 3 aliphatic rings. The Kier molecular flexibility index (Phi) is 12.6. The molecule has 1 aliphatic carbocycles. The topological polar surface area (TPSA) is 298 Å². The number of carbonyl (C=O) groups excluding carboxylic acids is 1. The summed E-state index contributed by atoms with van der Waals surface area (Å²) in [7, 11) is -17.9. The second kappa shape index (κ2) is 16.3. The first-order valence-corrected chi connectivity index (χ1v) is 24.4. The summed E-state index contributed by atoms with van der Waals surface area (Å²) in [5.74, 6) is -3.29. The van der Waals surface area contributed by atoms with E-state index in [2.05, 4.69) is 0 Å². The molecule has 0 amide bonds. The van der Waals surface area contributed by atoms with E-state index in [9.17, 15) is 71.7 Å². The number of carboxylic acids is 1. The number of carbonyl (C=O) groups is 2. The third kappa shape index (κ3) is 9.86. The molecule has 0 spiro atoms. The fourth-order valence-corrected chi connectivity index (χ4v) is 10.0. The van der Waals surface area contributed by atoms with Crippen LogP contribution in [0.5, 0.6) is 0 Å². The van der Waals surface area contributed by atoms with Gasteiger partial charge in [-0.25, -0.2) is 0 Å². The fraction of sp³-hybridized carbons (Fsp3) is 0.432. The molecule has 1 atom stereocenters. The average Bonchev–Trinajstić information content (AvgIpc) is 3.46. The van der Waals surface area contributed by atoms with Crippen molar-refractivity contribution in [1.29, 1.82) is 0 Å². The summed E-state index contributed by atoms with van der Waals surface area (Å²) in [6.45, 7) is 5.32. The van der Waals surface area contributed by atoms with Crippen molar-refractivity contribution in [2.45, 2.75) is 86.3 Å². The summed E-state index contributed by atoms with van der Waals surface area (Å²) in [4.78, 5) is 26.4. The number of aliphatic hydroxyl groups is 1. The van der Waals surface area contributed by atoms with E-state index in [4.69, 9.17) is 0 Å². The first kappa shape index (κ1) is 45.8. The smallest absolute Gasteiger partial charge is 0.303 e. The summed E-state index contributed by atoms with van der Waals surface area (Å²) < 4.78 is 134. The molecule has 0 bridgehead atoms. The highest BCUT2D eigenvalue weighted by molar-refractivity contribution is 7.86. The van der Waals surface area contributed by atoms with Crippen LogP contribution in [0, 0.1) is 0 Å². The van der Waals surface area contributed by atoms with Crippen molar-refractivity contribution in [3.05, 3.63) is 82.3 Å². The van der Waals surface area contributed by atoms with Crippen molar-refractivity contribution in [1.82, 2.24) is 0 Å². The largest absolute Gasteiger partial charge is 0.506 e. The lowest BCUT2D eigenvalue weighted by Gasteiger charge is -2.32. The van der Waals surface area contributed by atoms with Crippen LogP contribution >= 0.6 is 0 Å². The van der Waals surface area contributed by atoms with Crippen LogP contribution in [-0.4, -0.2) is 109 Å². The Hall–Kier alpha value is -4.29. The zero-order chi connectivity index (χ0) is 44.1. The van der Waals surface area contributed by atoms with Crippen LogP contribution in [0.4, 0.5) is 11.4 Å². The van der Waals surface area contributed by atoms with Crippen LogP contribution in [0.15, 0.2) is 80.9 Å². The van der Waals surface area contributed by atoms with Crippen molar-refractivity contribution in [3.63, 3.8) is 0 Å². The molecule has 0 radical (unpaired) electrons. The standard InChI is InChI=1S/C37H44N2O16S4/c1-36(2)27-19-23(58(50,51)52)10-12-29(27)38(15-4-6-17-56(44,45)46)31(36)21-25-34(42)26(35(25)43)22-32-37(3,14-8-9-33(40)41)28-20-24(59(53,54)55)11-13-30(28)39(32)16-5-7-18-57(47,48)49/h10-13,19-22H,4-9,14-18H2,1-3H3,(H5-,40,41,42,43,44,45,46,47,48,49,50,51,52,53,54,55)/p+1. The van der Waals surface area contributed by atoms with Crippen molar-refractivity contribution in [2.24, 2.45) is 0 Å². The minimum Gasteiger partial charge on any atom is -0.506 e. The molecule has 5 rings (SSSR count). The molecule has 18 nitrogen and oxygen atoms in total. The summed E-state index contributed by atoms with van der Waals surface area (Å²) in [6.07, 6.45) is 3.12. The number of fused-ring (bicyclic) bond motifs is 2. The first-order valence-electron chi connectivity index (χ1n) is 18.3. The molecular weight excluding hydrogens is 857 g/mol. The molecule has 2 aromatic carbocycles. The van der Waals surface area contributed by atoms with E-state index in [0.717, 1.165) is 6.07 Å². The molecule has 2 heterocycles. The van der Waals surface area contributed by atoms with Gasteiger partial charge in [0, 0.05) is 53.9 Å². The number of nitrogens with zero attached hydrogens (tertiary/aromatic N) is 2. The minimum absolute atomic E-state index is 0.00532. The average molecular weight is 902 g/mol. The van der Waals surface area contributed by atoms with Gasteiger partial charge < -0.3 is 15.1 Å². The Balaban J connectivity index is 1.64. The van der Waals surface area contributed by atoms with E-state index in [1.807, 2.05) is 0 Å². The molecule has 1 unspecified atom stereocenters. The minimum atomic E-state index is -4.72. The SMILES string of the molecule is CC1(C)C(/C=C2/C(=O)C(/C=C3\N(CCCCS(=O)(=O)O)c4ccc(S(=O)(=O)O)cc4C3(C)CCCC(=O)O)=C2O)=[N+](CCCCS(=O)(=O)O)c2ccc(S(=O)(=O)O)cc21. The molecule has 6 N–H and O–H groups in total. The molecule has 0 saturated heterocycles. The molecule has 2 aromatic rings. The molecular formula is C37H45N2O16S4+. The Morgan fingerprint density at radius 3 is 1.86 bits per heavy atom. The van der Waals surface area contributed by atoms with Crippen molar-refractivity contribution >= 4 is 69.3 Å². The van der Waals surface area contributed by atoms with Crippen molar-refractivity contribution in [3.8, 4) is 0 Å². The fourth-order valence-electron chi connectivity index (χ4n) is 7.86. The predicted octanol–water partition coefficient (Wildman–Crippen LogP) is 4.13. The summed E-state index contributed by atoms with van der Waals surface area (Å²) in [5.41, 5.74) is -0.220. The maximum Gasteiger partial charge on any atom is 0.303 e. The van der Waals surface area contributed by atoms with E-state index < -0.39 is 90.1 Å². The van der Waals surface area contributed by atoms with Gasteiger partial charge in [-0.05, 0) is 94.8 Å². The monoisotopic (exact) mass is 901 g/mol. The molecule has 0 saturated carbocycles. The molecule has 59 heavy (non-hydrogen) atoms. The lowest BCUT2D eigenvalue weighted by atomic mass is 9.75. The highest BCUT2D eigenvalue weighted by Crippen LogP contribution is 2.52. The third-order valence-electron chi connectivity index (χ3n) is 10.9. The lowest BCUT2D eigenvalue weighted by molar-refractivity contribution is -0.438. The number of ketones is 1. The number of hydrogen-bond donors (Lipinski definition) is 6. The number of aliphatic carboxylic acids is 1. The van der Waals surface area contributed by atoms with E-state index in [-0.39, 0.29) is 69.2 Å². The highest BCUT2D eigenvalue weighted by atomic mass is 32.2. The van der Waals surface area contributed by atoms with Crippen molar-refractivity contribution < 1.29 is 76.3 Å². The summed E-state index contributed by atoms with van der Waals surface area (Å²) in [6, 6.07) is 7.70. The predicted molar refractivity (Wildman–Crippen MR) is 214 cm³/mol. The number of benzene rings is 2. The van der Waals surface area contributed by atoms with Crippen LogP contribution in [0.3, 0.4) is 0 Å². The van der Waals surface area contributed by atoms with Crippen LogP contribution < -0.4 is 4.90 Å². The number of rotatable bonds is 18. The zero-order valence-electron chi connectivity index (χ0n) is 32.2. The Morgan fingerprint density at radius 1 is 0.763 bits per heavy atom. The van der Waals surface area contributed by atoms with Gasteiger partial charge in [-0.2, -0.15) is 38.2 Å². The van der Waals surface area contributed by atoms with Gasteiger partial charge in [-0.1, -0.05) is 0 Å². The van der Waals surface area contributed by atoms with Gasteiger partial charge in [0.1, 0.15) is 12.3 Å². The van der Waals surface area contributed by atoms with Crippen LogP contribution in [0.2, 0.25) is 0 Å². The maximum absolute atomic E-state index is 14.1. The second-order valence-electron chi connectivity index (χ2n) is 15.4. The molecule has 22 heteroatoms. The normalized spacial score (nSPS) is 20.7. The van der Waals surface area contributed by atoms with Gasteiger partial charge in [-0.15, -0.1) is 0 Å². The van der Waals surface area contributed by atoms with Gasteiger partial charge in [0.2, 0.25) is 11.5 Å². The van der Waals surface area contributed by atoms with Crippen molar-refractivity contribution in [2.75, 3.05) is 29.5 Å². The third-order valence-corrected chi connectivity index (χ3v) is 14.2. The van der Waals surface area contributed by atoms with E-state index >= 15 is 0 Å². The molecule has 0 aromatic heterocycles. The van der Waals surface area contributed by atoms with Gasteiger partial charge in [0.05, 0.1) is 37.9 Å². The van der Waals surface area contributed by atoms with E-state index in [1.165, 1.54) is 42.5 Å². The number of hydrogen-bond acceptors (Lipinski definition) is 12. The summed E-state index contributed by atoms with van der Waals surface area (Å²) >= 11 is 0. The molecule has 2 aliphatic heterocycles. The Bertz CT molecular complexity index is 2700. The van der Waals surface area contributed by atoms with E-state index in [1.54, 1.807) is 30.2 Å². The quantitative estimate of drug-likeness (QED) is 0.0530. The highest BCUT2D eigenvalue weighted by Gasteiger charge is 2.48. The second-order valence-corrected chi connectivity index (χ2v) is 21.4. The van der Waals surface area contributed by atoms with Gasteiger partial charge >= 0.3 is 5.97 Å². The van der Waals surface area contributed by atoms with Gasteiger partial charge in [-0.3, -0.25) is 27.8 Å². The van der Waals surface area contributed by atoms with E-state index in [0.29, 0.717) is 33.9 Å².